The Morgan fingerprint density at radius 2 is 1.97 bits per heavy atom. The van der Waals surface area contributed by atoms with Crippen molar-refractivity contribution in [3.8, 4) is 10.6 Å². The molecule has 4 aromatic rings. The van der Waals surface area contributed by atoms with E-state index in [4.69, 9.17) is 0 Å². The van der Waals surface area contributed by atoms with Gasteiger partial charge in [0.25, 0.3) is 0 Å². The number of esters is 1. The van der Waals surface area contributed by atoms with Crippen molar-refractivity contribution in [3.63, 3.8) is 0 Å². The number of anilines is 1. The summed E-state index contributed by atoms with van der Waals surface area (Å²) >= 11 is 2.85. The average molecular weight is 425 g/mol. The third kappa shape index (κ3) is 4.28. The molecule has 8 nitrogen and oxygen atoms in total. The minimum Gasteiger partial charge on any atom is -0.465 e. The molecule has 0 aliphatic rings. The number of hydrogen-bond acceptors (Lipinski definition) is 8. The number of methoxy groups -OCH3 is 1. The lowest BCUT2D eigenvalue weighted by molar-refractivity contribution is -0.113. The molecule has 0 spiro atoms. The van der Waals surface area contributed by atoms with Gasteiger partial charge in [0.2, 0.25) is 11.1 Å². The molecule has 0 bridgehead atoms. The summed E-state index contributed by atoms with van der Waals surface area (Å²) in [6, 6.07) is 14.2. The molecular weight excluding hydrogens is 410 g/mol. The zero-order valence-electron chi connectivity index (χ0n) is 15.2. The van der Waals surface area contributed by atoms with Gasteiger partial charge in [-0.1, -0.05) is 17.8 Å². The van der Waals surface area contributed by atoms with E-state index in [0.29, 0.717) is 22.1 Å². The van der Waals surface area contributed by atoms with E-state index in [0.717, 1.165) is 10.6 Å². The second-order valence-electron chi connectivity index (χ2n) is 5.85. The molecule has 1 N–H and O–H groups in total. The zero-order chi connectivity index (χ0) is 20.2. The summed E-state index contributed by atoms with van der Waals surface area (Å²) in [5.41, 5.74) is 2.45. The fourth-order valence-corrected chi connectivity index (χ4v) is 3.93. The third-order valence-electron chi connectivity index (χ3n) is 3.93. The zero-order valence-corrected chi connectivity index (χ0v) is 16.9. The highest BCUT2D eigenvalue weighted by Gasteiger charge is 2.12. The molecule has 10 heteroatoms. The highest BCUT2D eigenvalue weighted by atomic mass is 32.2. The van der Waals surface area contributed by atoms with Gasteiger partial charge >= 0.3 is 5.97 Å². The summed E-state index contributed by atoms with van der Waals surface area (Å²) in [5.74, 6) is -0.483. The summed E-state index contributed by atoms with van der Waals surface area (Å²) in [5, 5.41) is 18.1. The van der Waals surface area contributed by atoms with Crippen LogP contribution in [0.2, 0.25) is 0 Å². The molecule has 0 atom stereocenters. The van der Waals surface area contributed by atoms with Gasteiger partial charge in [-0.25, -0.2) is 4.79 Å². The number of rotatable bonds is 6. The minimum atomic E-state index is -0.425. The van der Waals surface area contributed by atoms with Crippen LogP contribution in [-0.4, -0.2) is 44.6 Å². The van der Waals surface area contributed by atoms with Crippen molar-refractivity contribution in [1.29, 1.82) is 0 Å². The Morgan fingerprint density at radius 1 is 1.14 bits per heavy atom. The number of amides is 1. The maximum Gasteiger partial charge on any atom is 0.337 e. The Morgan fingerprint density at radius 3 is 2.69 bits per heavy atom. The molecule has 1 aromatic carbocycles. The molecule has 4 rings (SSSR count). The van der Waals surface area contributed by atoms with E-state index in [1.807, 2.05) is 29.6 Å². The molecule has 0 aliphatic heterocycles. The number of fused-ring (bicyclic) bond motifs is 1. The minimum absolute atomic E-state index is 0.143. The second kappa shape index (κ2) is 8.41. The Balaban J connectivity index is 1.42. The Labute approximate surface area is 173 Å². The van der Waals surface area contributed by atoms with Crippen molar-refractivity contribution < 1.29 is 14.3 Å². The van der Waals surface area contributed by atoms with E-state index >= 15 is 0 Å². The maximum absolute atomic E-state index is 12.3. The van der Waals surface area contributed by atoms with Crippen molar-refractivity contribution >= 4 is 46.3 Å². The normalized spacial score (nSPS) is 10.8. The molecule has 3 heterocycles. The fourth-order valence-electron chi connectivity index (χ4n) is 2.55. The molecule has 0 saturated carbocycles. The van der Waals surface area contributed by atoms with Crippen molar-refractivity contribution in [1.82, 2.24) is 19.8 Å². The van der Waals surface area contributed by atoms with Crippen LogP contribution in [0, 0.1) is 0 Å². The van der Waals surface area contributed by atoms with Crippen LogP contribution in [0.1, 0.15) is 10.4 Å². The maximum atomic E-state index is 12.3. The molecular formula is C19H15N5O3S2. The Hall–Kier alpha value is -3.24. The van der Waals surface area contributed by atoms with Crippen molar-refractivity contribution in [3.05, 3.63) is 59.5 Å². The van der Waals surface area contributed by atoms with Gasteiger partial charge in [0, 0.05) is 5.69 Å². The van der Waals surface area contributed by atoms with E-state index in [1.54, 1.807) is 40.1 Å². The van der Waals surface area contributed by atoms with E-state index < -0.39 is 5.97 Å². The molecule has 146 valence electrons. The van der Waals surface area contributed by atoms with Gasteiger partial charge in [-0.3, -0.25) is 4.79 Å². The van der Waals surface area contributed by atoms with Crippen LogP contribution >= 0.6 is 23.1 Å². The number of carbonyl (C=O) groups excluding carboxylic acids is 2. The first-order chi connectivity index (χ1) is 14.1. The number of hydrogen-bond donors (Lipinski definition) is 1. The van der Waals surface area contributed by atoms with Crippen LogP contribution < -0.4 is 5.32 Å². The van der Waals surface area contributed by atoms with E-state index in [9.17, 15) is 9.59 Å². The summed E-state index contributed by atoms with van der Waals surface area (Å²) in [6.45, 7) is 0. The van der Waals surface area contributed by atoms with Gasteiger partial charge in [-0.2, -0.15) is 9.61 Å². The molecule has 0 fully saturated rings. The quantitative estimate of drug-likeness (QED) is 0.373. The molecule has 3 aromatic heterocycles. The van der Waals surface area contributed by atoms with Gasteiger partial charge in [-0.05, 0) is 47.8 Å². The smallest absolute Gasteiger partial charge is 0.337 e. The first kappa shape index (κ1) is 19.1. The summed E-state index contributed by atoms with van der Waals surface area (Å²) in [7, 11) is 1.32. The number of benzene rings is 1. The lowest BCUT2D eigenvalue weighted by atomic mass is 10.2. The van der Waals surface area contributed by atoms with Gasteiger partial charge in [0.15, 0.2) is 5.65 Å². The van der Waals surface area contributed by atoms with Gasteiger partial charge < -0.3 is 10.1 Å². The van der Waals surface area contributed by atoms with Crippen LogP contribution in [0.15, 0.2) is 59.1 Å². The van der Waals surface area contributed by atoms with Crippen LogP contribution in [0.3, 0.4) is 0 Å². The number of nitrogens with zero attached hydrogens (tertiary/aromatic N) is 4. The van der Waals surface area contributed by atoms with Crippen molar-refractivity contribution in [2.24, 2.45) is 0 Å². The van der Waals surface area contributed by atoms with E-state index in [2.05, 4.69) is 25.3 Å². The van der Waals surface area contributed by atoms with Crippen LogP contribution in [0.25, 0.3) is 16.2 Å². The highest BCUT2D eigenvalue weighted by molar-refractivity contribution is 7.99. The number of thioether (sulfide) groups is 1. The van der Waals surface area contributed by atoms with Gasteiger partial charge in [-0.15, -0.1) is 21.5 Å². The van der Waals surface area contributed by atoms with E-state index in [-0.39, 0.29) is 11.7 Å². The first-order valence-corrected chi connectivity index (χ1v) is 10.4. The fraction of sp³-hybridized carbons (Fsp3) is 0.105. The predicted molar refractivity (Wildman–Crippen MR) is 111 cm³/mol. The SMILES string of the molecule is COC(=O)c1ccc(NC(=O)CSc2nnc3ccc(-c4cccs4)nn23)cc1. The third-order valence-corrected chi connectivity index (χ3v) is 5.74. The largest absolute Gasteiger partial charge is 0.465 e. The standard InChI is InChI=1S/C19H15N5O3S2/c1-27-18(26)12-4-6-13(7-5-12)20-17(25)11-29-19-22-21-16-9-8-14(23-24(16)19)15-3-2-10-28-15/h2-10H,11H2,1H3,(H,20,25). The summed E-state index contributed by atoms with van der Waals surface area (Å²) in [6.07, 6.45) is 0. The molecule has 0 unspecified atom stereocenters. The second-order valence-corrected chi connectivity index (χ2v) is 7.74. The van der Waals surface area contributed by atoms with Crippen LogP contribution in [0.4, 0.5) is 5.69 Å². The first-order valence-electron chi connectivity index (χ1n) is 8.51. The summed E-state index contributed by atoms with van der Waals surface area (Å²) < 4.78 is 6.29. The van der Waals surface area contributed by atoms with Gasteiger partial charge in [0.05, 0.1) is 23.3 Å². The van der Waals surface area contributed by atoms with Crippen LogP contribution in [-0.2, 0) is 9.53 Å². The number of aromatic nitrogens is 4. The lowest BCUT2D eigenvalue weighted by Crippen LogP contribution is -2.14. The highest BCUT2D eigenvalue weighted by Crippen LogP contribution is 2.24. The van der Waals surface area contributed by atoms with Gasteiger partial charge in [0.1, 0.15) is 5.69 Å². The lowest BCUT2D eigenvalue weighted by Gasteiger charge is -2.06. The molecule has 1 amide bonds. The van der Waals surface area contributed by atoms with Crippen molar-refractivity contribution in [2.45, 2.75) is 5.16 Å². The predicted octanol–water partition coefficient (Wildman–Crippen LogP) is 3.37. The molecule has 29 heavy (non-hydrogen) atoms. The molecule has 0 saturated heterocycles. The Kier molecular flexibility index (Phi) is 5.54. The van der Waals surface area contributed by atoms with E-state index in [1.165, 1.54) is 18.9 Å². The number of ether oxygens (including phenoxy) is 1. The number of thiophene rings is 1. The average Bonchev–Trinajstić information content (AvgIpc) is 3.42. The molecule has 0 aliphatic carbocycles. The number of nitrogens with one attached hydrogen (secondary N) is 1. The summed E-state index contributed by atoms with van der Waals surface area (Å²) in [4.78, 5) is 24.8. The van der Waals surface area contributed by atoms with Crippen molar-refractivity contribution in [2.75, 3.05) is 18.2 Å². The number of carbonyl (C=O) groups is 2. The topological polar surface area (TPSA) is 98.5 Å². The molecule has 0 radical (unpaired) electrons. The van der Waals surface area contributed by atoms with Crippen LogP contribution in [0.5, 0.6) is 0 Å². The Bertz CT molecular complexity index is 1160. The monoisotopic (exact) mass is 425 g/mol.